The van der Waals surface area contributed by atoms with Crippen LogP contribution >= 0.6 is 11.8 Å². The number of guanidine groups is 1. The molecule has 3 N–H and O–H groups in total. The van der Waals surface area contributed by atoms with E-state index in [1.54, 1.807) is 18.3 Å². The first kappa shape index (κ1) is 7.81. The van der Waals surface area contributed by atoms with Gasteiger partial charge in [0.2, 0.25) is 5.96 Å². The Hall–Kier alpha value is -1.29. The van der Waals surface area contributed by atoms with Gasteiger partial charge in [-0.3, -0.25) is 0 Å². The Morgan fingerprint density at radius 2 is 2.45 bits per heavy atom. The second-order valence-electron chi connectivity index (χ2n) is 1.81. The monoisotopic (exact) mass is 170 g/mol. The Labute approximate surface area is 69.2 Å². The fourth-order valence-corrected chi connectivity index (χ4v) is 0.631. The summed E-state index contributed by atoms with van der Waals surface area (Å²) in [6.07, 6.45) is 1.64. The predicted molar refractivity (Wildman–Crippen MR) is 45.3 cm³/mol. The summed E-state index contributed by atoms with van der Waals surface area (Å²) >= 11 is 5.07. The lowest BCUT2D eigenvalue weighted by Gasteiger charge is -2.00. The molecule has 0 aliphatic rings. The molecule has 0 saturated carbocycles. The molecular weight excluding hydrogens is 164 g/mol. The number of pyridine rings is 1. The van der Waals surface area contributed by atoms with Gasteiger partial charge in [-0.1, -0.05) is 6.07 Å². The summed E-state index contributed by atoms with van der Waals surface area (Å²) in [5.74, 6) is 0.750. The van der Waals surface area contributed by atoms with Crippen molar-refractivity contribution in [2.45, 2.75) is 0 Å². The van der Waals surface area contributed by atoms with Gasteiger partial charge >= 0.3 is 0 Å². The Morgan fingerprint density at radius 3 is 3.00 bits per heavy atom. The van der Waals surface area contributed by atoms with Crippen molar-refractivity contribution in [1.82, 2.24) is 4.98 Å². The highest BCUT2D eigenvalue weighted by Crippen LogP contribution is 1.98. The molecule has 5 heteroatoms. The first-order valence-electron chi connectivity index (χ1n) is 2.95. The molecule has 1 heterocycles. The quantitative estimate of drug-likeness (QED) is 0.488. The molecule has 0 saturated heterocycles. The molecule has 1 aromatic rings. The van der Waals surface area contributed by atoms with Crippen molar-refractivity contribution in [2.24, 2.45) is 10.2 Å². The lowest BCUT2D eigenvalue weighted by atomic mass is 10.5. The highest BCUT2D eigenvalue weighted by Gasteiger charge is 1.91. The van der Waals surface area contributed by atoms with Gasteiger partial charge in [-0.25, -0.2) is 4.98 Å². The molecule has 0 aliphatic heterocycles. The van der Waals surface area contributed by atoms with Crippen molar-refractivity contribution in [2.75, 3.05) is 5.32 Å². The first-order chi connectivity index (χ1) is 5.33. The number of rotatable bonds is 1. The van der Waals surface area contributed by atoms with E-state index in [0.717, 1.165) is 0 Å². The molecule has 0 amide bonds. The van der Waals surface area contributed by atoms with Gasteiger partial charge in [0.15, 0.2) is 0 Å². The van der Waals surface area contributed by atoms with E-state index in [-0.39, 0.29) is 5.96 Å². The molecule has 0 radical (unpaired) electrons. The summed E-state index contributed by atoms with van der Waals surface area (Å²) < 4.78 is 3.20. The van der Waals surface area contributed by atoms with Crippen molar-refractivity contribution >= 4 is 23.6 Å². The highest BCUT2D eigenvalue weighted by atomic mass is 35.5. The van der Waals surface area contributed by atoms with Crippen LogP contribution in [0.3, 0.4) is 0 Å². The first-order valence-corrected chi connectivity index (χ1v) is 3.29. The molecule has 0 aliphatic carbocycles. The van der Waals surface area contributed by atoms with E-state index in [2.05, 4.69) is 14.8 Å². The molecular formula is C6H7ClN4. The summed E-state index contributed by atoms with van der Waals surface area (Å²) in [6, 6.07) is 5.39. The minimum absolute atomic E-state index is 0.130. The van der Waals surface area contributed by atoms with Crippen molar-refractivity contribution in [3.63, 3.8) is 0 Å². The van der Waals surface area contributed by atoms with Crippen LogP contribution in [-0.4, -0.2) is 10.9 Å². The van der Waals surface area contributed by atoms with Crippen molar-refractivity contribution < 1.29 is 0 Å². The van der Waals surface area contributed by atoms with Crippen LogP contribution in [0.4, 0.5) is 5.82 Å². The average Bonchev–Trinajstić information content (AvgIpc) is 2.06. The van der Waals surface area contributed by atoms with Gasteiger partial charge < -0.3 is 11.1 Å². The molecule has 0 fully saturated rings. The third kappa shape index (κ3) is 2.43. The van der Waals surface area contributed by atoms with E-state index < -0.39 is 0 Å². The Morgan fingerprint density at radius 1 is 1.64 bits per heavy atom. The molecule has 58 valence electrons. The number of halogens is 1. The number of anilines is 1. The lowest BCUT2D eigenvalue weighted by Crippen LogP contribution is -2.21. The van der Waals surface area contributed by atoms with Gasteiger partial charge in [0.1, 0.15) is 5.82 Å². The van der Waals surface area contributed by atoms with Crippen LogP contribution in [-0.2, 0) is 0 Å². The second-order valence-corrected chi connectivity index (χ2v) is 1.98. The van der Waals surface area contributed by atoms with Crippen LogP contribution in [0.2, 0.25) is 0 Å². The minimum Gasteiger partial charge on any atom is -0.369 e. The summed E-state index contributed by atoms with van der Waals surface area (Å²) in [7, 11) is 0. The van der Waals surface area contributed by atoms with Crippen LogP contribution in [0.25, 0.3) is 0 Å². The number of aromatic nitrogens is 1. The number of nitrogens with one attached hydrogen (secondary N) is 1. The smallest absolute Gasteiger partial charge is 0.211 e. The summed E-state index contributed by atoms with van der Waals surface area (Å²) in [6.45, 7) is 0. The van der Waals surface area contributed by atoms with Crippen molar-refractivity contribution in [3.8, 4) is 0 Å². The van der Waals surface area contributed by atoms with E-state index in [9.17, 15) is 0 Å². The normalized spacial score (nSPS) is 11.2. The summed E-state index contributed by atoms with van der Waals surface area (Å²) in [4.78, 5) is 3.94. The standard InChI is InChI=1S/C6H7ClN4/c7-11-6(8)10-5-3-1-2-4-9-5/h1-4H,(H3,8,9,10,11). The predicted octanol–water partition coefficient (Wildman–Crippen LogP) is 0.962. The third-order valence-electron chi connectivity index (χ3n) is 1.01. The lowest BCUT2D eigenvalue weighted by molar-refractivity contribution is 1.31. The zero-order valence-electron chi connectivity index (χ0n) is 5.66. The molecule has 1 aromatic heterocycles. The average molecular weight is 171 g/mol. The van der Waals surface area contributed by atoms with Gasteiger partial charge in [-0.2, -0.15) is 0 Å². The van der Waals surface area contributed by atoms with Crippen molar-refractivity contribution in [3.05, 3.63) is 24.4 Å². The van der Waals surface area contributed by atoms with E-state index in [1.807, 2.05) is 6.07 Å². The summed E-state index contributed by atoms with van der Waals surface area (Å²) in [5, 5.41) is 2.68. The van der Waals surface area contributed by atoms with Crippen LogP contribution in [0.1, 0.15) is 0 Å². The SMILES string of the molecule is NC(=NCl)Nc1ccccn1. The maximum absolute atomic E-state index is 5.27. The molecule has 11 heavy (non-hydrogen) atoms. The molecule has 0 atom stereocenters. The van der Waals surface area contributed by atoms with E-state index in [0.29, 0.717) is 5.82 Å². The summed E-state index contributed by atoms with van der Waals surface area (Å²) in [5.41, 5.74) is 5.27. The maximum Gasteiger partial charge on any atom is 0.211 e. The highest BCUT2D eigenvalue weighted by molar-refractivity contribution is 6.20. The number of nitrogens with two attached hydrogens (primary N) is 1. The Balaban J connectivity index is 2.65. The number of nitrogens with zero attached hydrogens (tertiary/aromatic N) is 2. The Bertz CT molecular complexity index is 246. The van der Waals surface area contributed by atoms with Gasteiger partial charge in [-0.15, -0.1) is 4.51 Å². The minimum atomic E-state index is 0.130. The largest absolute Gasteiger partial charge is 0.369 e. The zero-order chi connectivity index (χ0) is 8.10. The van der Waals surface area contributed by atoms with Crippen LogP contribution in [0.15, 0.2) is 28.9 Å². The van der Waals surface area contributed by atoms with Gasteiger partial charge in [0.25, 0.3) is 0 Å². The Kier molecular flexibility index (Phi) is 2.68. The topological polar surface area (TPSA) is 63.3 Å². The molecule has 0 bridgehead atoms. The van der Waals surface area contributed by atoms with Gasteiger partial charge in [0.05, 0.1) is 0 Å². The van der Waals surface area contributed by atoms with Gasteiger partial charge in [0, 0.05) is 18.0 Å². The second kappa shape index (κ2) is 3.78. The molecule has 0 unspecified atom stereocenters. The molecule has 0 spiro atoms. The van der Waals surface area contributed by atoms with Crippen molar-refractivity contribution in [1.29, 1.82) is 0 Å². The number of hydrogen-bond acceptors (Lipinski definition) is 2. The third-order valence-corrected chi connectivity index (χ3v) is 1.19. The molecule has 0 aromatic carbocycles. The van der Waals surface area contributed by atoms with Gasteiger partial charge in [-0.05, 0) is 12.1 Å². The van der Waals surface area contributed by atoms with E-state index in [1.165, 1.54) is 0 Å². The molecule has 1 rings (SSSR count). The zero-order valence-corrected chi connectivity index (χ0v) is 6.42. The van der Waals surface area contributed by atoms with Crippen LogP contribution in [0.5, 0.6) is 0 Å². The van der Waals surface area contributed by atoms with E-state index >= 15 is 0 Å². The maximum atomic E-state index is 5.27. The fourth-order valence-electron chi connectivity index (χ4n) is 0.589. The number of hydrogen-bond donors (Lipinski definition) is 2. The van der Waals surface area contributed by atoms with Crippen LogP contribution in [0, 0.1) is 0 Å². The fraction of sp³-hybridized carbons (Fsp3) is 0. The van der Waals surface area contributed by atoms with Crippen LogP contribution < -0.4 is 11.1 Å². The van der Waals surface area contributed by atoms with E-state index in [4.69, 9.17) is 17.5 Å². The molecule has 4 nitrogen and oxygen atoms in total.